The molecule has 6 nitrogen and oxygen atoms in total. The van der Waals surface area contributed by atoms with Gasteiger partial charge in [-0.25, -0.2) is 4.79 Å². The van der Waals surface area contributed by atoms with Gasteiger partial charge in [-0.1, -0.05) is 17.4 Å². The molecule has 0 atom stereocenters. The van der Waals surface area contributed by atoms with Crippen LogP contribution in [0.25, 0.3) is 6.08 Å². The van der Waals surface area contributed by atoms with Gasteiger partial charge in [-0.15, -0.1) is 0 Å². The van der Waals surface area contributed by atoms with Crippen LogP contribution in [0.4, 0.5) is 0 Å². The first kappa shape index (κ1) is 15.1. The molecule has 2 N–H and O–H groups in total. The van der Waals surface area contributed by atoms with E-state index in [1.54, 1.807) is 19.1 Å². The second-order valence-corrected chi connectivity index (χ2v) is 5.20. The van der Waals surface area contributed by atoms with Crippen molar-refractivity contribution in [1.29, 1.82) is 0 Å². The van der Waals surface area contributed by atoms with E-state index < -0.39 is 5.97 Å². The standard InChI is InChI=1S/C14H15NO5S/c1-2-19-12(16)8-20-10-5-3-9(4-6-10)7-11-13(17)15-14(18)21-11/h3,5-7,17H,2,4,8H2,1H3,(H,15,18). The maximum atomic E-state index is 11.2. The number of aromatic nitrogens is 1. The third-order valence-corrected chi connectivity index (χ3v) is 3.45. The SMILES string of the molecule is CCOC(=O)COC1=CCC(=Cc2sc(=O)[nH]c2O)C=C1. The van der Waals surface area contributed by atoms with Crippen molar-refractivity contribution in [1.82, 2.24) is 4.98 Å². The number of esters is 1. The third kappa shape index (κ3) is 4.35. The van der Waals surface area contributed by atoms with E-state index >= 15 is 0 Å². The number of H-pyrrole nitrogens is 1. The highest BCUT2D eigenvalue weighted by molar-refractivity contribution is 7.10. The summed E-state index contributed by atoms with van der Waals surface area (Å²) in [7, 11) is 0. The average Bonchev–Trinajstić information content (AvgIpc) is 2.76. The summed E-state index contributed by atoms with van der Waals surface area (Å²) in [5, 5.41) is 9.50. The number of hydrogen-bond donors (Lipinski definition) is 2. The van der Waals surface area contributed by atoms with E-state index in [1.165, 1.54) is 0 Å². The molecule has 0 spiro atoms. The minimum Gasteiger partial charge on any atom is -0.493 e. The molecular formula is C14H15NO5S. The summed E-state index contributed by atoms with van der Waals surface area (Å²) < 4.78 is 10.1. The average molecular weight is 309 g/mol. The van der Waals surface area contributed by atoms with E-state index in [-0.39, 0.29) is 17.4 Å². The Balaban J connectivity index is 1.93. The fourth-order valence-electron chi connectivity index (χ4n) is 1.70. The summed E-state index contributed by atoms with van der Waals surface area (Å²) in [6.07, 6.45) is 7.66. The van der Waals surface area contributed by atoms with Gasteiger partial charge in [0.15, 0.2) is 6.61 Å². The van der Waals surface area contributed by atoms with E-state index in [4.69, 9.17) is 9.47 Å². The Hall–Kier alpha value is -2.28. The molecule has 1 aromatic heterocycles. The molecule has 0 aliphatic heterocycles. The Kier molecular flexibility index (Phi) is 4.99. The molecule has 1 heterocycles. The van der Waals surface area contributed by atoms with Crippen LogP contribution in [0.5, 0.6) is 5.88 Å². The lowest BCUT2D eigenvalue weighted by molar-refractivity contribution is -0.146. The molecule has 0 radical (unpaired) electrons. The van der Waals surface area contributed by atoms with Crippen LogP contribution in [-0.2, 0) is 14.3 Å². The number of hydrogen-bond acceptors (Lipinski definition) is 6. The highest BCUT2D eigenvalue weighted by atomic mass is 32.1. The van der Waals surface area contributed by atoms with Crippen LogP contribution in [-0.4, -0.2) is 29.3 Å². The number of carbonyl (C=O) groups excluding carboxylic acids is 1. The molecule has 112 valence electrons. The van der Waals surface area contributed by atoms with Gasteiger partial charge in [0.05, 0.1) is 11.5 Å². The Morgan fingerprint density at radius 3 is 2.90 bits per heavy atom. The molecule has 7 heteroatoms. The molecule has 0 aromatic carbocycles. The quantitative estimate of drug-likeness (QED) is 0.812. The largest absolute Gasteiger partial charge is 0.493 e. The van der Waals surface area contributed by atoms with Crippen LogP contribution in [0.2, 0.25) is 0 Å². The first-order chi connectivity index (χ1) is 10.1. The predicted octanol–water partition coefficient (Wildman–Crippen LogP) is 1.95. The Morgan fingerprint density at radius 2 is 2.33 bits per heavy atom. The highest BCUT2D eigenvalue weighted by Crippen LogP contribution is 2.24. The zero-order valence-corrected chi connectivity index (χ0v) is 12.2. The fourth-order valence-corrected chi connectivity index (χ4v) is 2.41. The van der Waals surface area contributed by atoms with Crippen LogP contribution in [0.1, 0.15) is 18.2 Å². The van der Waals surface area contributed by atoms with Gasteiger partial charge in [0.2, 0.25) is 5.88 Å². The van der Waals surface area contributed by atoms with Crippen LogP contribution in [0.15, 0.2) is 34.4 Å². The first-order valence-electron chi connectivity index (χ1n) is 6.37. The number of aromatic hydroxyl groups is 1. The van der Waals surface area contributed by atoms with Crippen molar-refractivity contribution in [2.24, 2.45) is 0 Å². The summed E-state index contributed by atoms with van der Waals surface area (Å²) in [5.74, 6) is 0.0566. The van der Waals surface area contributed by atoms with Gasteiger partial charge in [0, 0.05) is 0 Å². The first-order valence-corrected chi connectivity index (χ1v) is 7.19. The highest BCUT2D eigenvalue weighted by Gasteiger charge is 2.08. The van der Waals surface area contributed by atoms with Crippen LogP contribution in [0.3, 0.4) is 0 Å². The molecule has 0 bridgehead atoms. The van der Waals surface area contributed by atoms with Crippen molar-refractivity contribution in [3.8, 4) is 5.88 Å². The monoisotopic (exact) mass is 309 g/mol. The van der Waals surface area contributed by atoms with Crippen LogP contribution in [0, 0.1) is 0 Å². The molecular weight excluding hydrogens is 294 g/mol. The van der Waals surface area contributed by atoms with Gasteiger partial charge in [-0.05, 0) is 37.1 Å². The molecule has 0 fully saturated rings. The van der Waals surface area contributed by atoms with E-state index in [2.05, 4.69) is 4.98 Å². The van der Waals surface area contributed by atoms with E-state index in [9.17, 15) is 14.7 Å². The topological polar surface area (TPSA) is 88.6 Å². The lowest BCUT2D eigenvalue weighted by Gasteiger charge is -2.10. The summed E-state index contributed by atoms with van der Waals surface area (Å²) >= 11 is 0.944. The summed E-state index contributed by atoms with van der Waals surface area (Å²) in [4.78, 5) is 24.7. The number of allylic oxidation sites excluding steroid dienone is 4. The number of ether oxygens (including phenoxy) is 2. The van der Waals surface area contributed by atoms with Crippen molar-refractivity contribution in [3.05, 3.63) is 44.1 Å². The lowest BCUT2D eigenvalue weighted by atomic mass is 10.1. The molecule has 2 rings (SSSR count). The molecule has 0 saturated heterocycles. The summed E-state index contributed by atoms with van der Waals surface area (Å²) in [6, 6.07) is 0. The van der Waals surface area contributed by atoms with Gasteiger partial charge in [-0.3, -0.25) is 9.78 Å². The summed E-state index contributed by atoms with van der Waals surface area (Å²) in [5.41, 5.74) is 0.920. The second kappa shape index (κ2) is 6.94. The van der Waals surface area contributed by atoms with Crippen LogP contribution >= 0.6 is 11.3 Å². The van der Waals surface area contributed by atoms with Gasteiger partial charge in [0.1, 0.15) is 5.76 Å². The van der Waals surface area contributed by atoms with Gasteiger partial charge >= 0.3 is 10.8 Å². The Bertz CT molecular complexity index is 665. The van der Waals surface area contributed by atoms with Gasteiger partial charge < -0.3 is 14.6 Å². The summed E-state index contributed by atoms with van der Waals surface area (Å²) in [6.45, 7) is 1.94. The molecule has 0 saturated carbocycles. The smallest absolute Gasteiger partial charge is 0.344 e. The second-order valence-electron chi connectivity index (χ2n) is 4.18. The maximum absolute atomic E-state index is 11.2. The number of carbonyl (C=O) groups is 1. The zero-order valence-electron chi connectivity index (χ0n) is 11.4. The van der Waals surface area contributed by atoms with Crippen molar-refractivity contribution in [3.63, 3.8) is 0 Å². The predicted molar refractivity (Wildman–Crippen MR) is 79.0 cm³/mol. The van der Waals surface area contributed by atoms with Crippen molar-refractivity contribution in [2.45, 2.75) is 13.3 Å². The molecule has 1 aromatic rings. The Morgan fingerprint density at radius 1 is 1.52 bits per heavy atom. The molecule has 0 amide bonds. The number of thiazole rings is 1. The third-order valence-electron chi connectivity index (χ3n) is 2.64. The maximum Gasteiger partial charge on any atom is 0.344 e. The number of aromatic amines is 1. The number of rotatable bonds is 5. The lowest BCUT2D eigenvalue weighted by Crippen LogP contribution is -2.12. The van der Waals surface area contributed by atoms with E-state index in [1.807, 2.05) is 12.2 Å². The molecule has 1 aliphatic carbocycles. The normalized spacial score (nSPS) is 15.9. The fraction of sp³-hybridized carbons (Fsp3) is 0.286. The van der Waals surface area contributed by atoms with Crippen LogP contribution < -0.4 is 4.87 Å². The molecule has 21 heavy (non-hydrogen) atoms. The molecule has 1 aliphatic rings. The van der Waals surface area contributed by atoms with Gasteiger partial charge in [0.25, 0.3) is 0 Å². The van der Waals surface area contributed by atoms with E-state index in [0.717, 1.165) is 16.9 Å². The number of nitrogens with one attached hydrogen (secondary N) is 1. The molecule has 0 unspecified atom stereocenters. The zero-order chi connectivity index (χ0) is 15.2. The van der Waals surface area contributed by atoms with E-state index in [0.29, 0.717) is 23.7 Å². The minimum atomic E-state index is -0.407. The van der Waals surface area contributed by atoms with Gasteiger partial charge in [-0.2, -0.15) is 0 Å². The van der Waals surface area contributed by atoms with Crippen molar-refractivity contribution >= 4 is 23.4 Å². The Labute approximate surface area is 125 Å². The van der Waals surface area contributed by atoms with Crippen molar-refractivity contribution in [2.75, 3.05) is 13.2 Å². The van der Waals surface area contributed by atoms with Crippen molar-refractivity contribution < 1.29 is 19.4 Å². The minimum absolute atomic E-state index is 0.122.